The summed E-state index contributed by atoms with van der Waals surface area (Å²) >= 11 is 6.21. The van der Waals surface area contributed by atoms with Crippen molar-refractivity contribution in [1.29, 1.82) is 0 Å². The molecule has 0 unspecified atom stereocenters. The lowest BCUT2D eigenvalue weighted by atomic mass is 9.68. The summed E-state index contributed by atoms with van der Waals surface area (Å²) in [7, 11) is 0. The number of rotatable bonds is 4. The van der Waals surface area contributed by atoms with Crippen LogP contribution in [0, 0.1) is 0 Å². The van der Waals surface area contributed by atoms with Crippen LogP contribution in [0.1, 0.15) is 37.3 Å². The average molecular weight is 430 g/mol. The number of nitrogens with two attached hydrogens (primary N) is 1. The molecule has 1 fully saturated rings. The van der Waals surface area contributed by atoms with Crippen LogP contribution in [0.5, 0.6) is 0 Å². The first-order chi connectivity index (χ1) is 13.6. The van der Waals surface area contributed by atoms with Crippen LogP contribution < -0.4 is 11.3 Å². The van der Waals surface area contributed by atoms with Crippen LogP contribution in [-0.4, -0.2) is 16.3 Å². The second kappa shape index (κ2) is 9.12. The van der Waals surface area contributed by atoms with Gasteiger partial charge in [0.05, 0.1) is 11.7 Å². The van der Waals surface area contributed by atoms with Crippen LogP contribution >= 0.6 is 24.0 Å². The van der Waals surface area contributed by atoms with Gasteiger partial charge < -0.3 is 5.73 Å². The van der Waals surface area contributed by atoms with Crippen LogP contribution in [0.2, 0.25) is 5.02 Å². The fraction of sp³-hybridized carbons (Fsp3) is 0.304. The molecule has 1 saturated carbocycles. The first-order valence-corrected chi connectivity index (χ1v) is 10.1. The Bertz CT molecular complexity index is 1010. The van der Waals surface area contributed by atoms with E-state index in [0.29, 0.717) is 6.54 Å². The highest BCUT2D eigenvalue weighted by Gasteiger charge is 2.37. The van der Waals surface area contributed by atoms with Crippen molar-refractivity contribution < 1.29 is 0 Å². The standard InChI is InChI=1S/C23H24ClN3O.ClH/c24-19-8-4-7-18(15-19)23(16-25)13-11-20(12-14-23)27-22(28)10-9-21(26-27)17-5-2-1-3-6-17;/h1-10,15,20H,11-14,16,25H2;1H/t20-,23-;. The molecule has 1 heterocycles. The van der Waals surface area contributed by atoms with Crippen molar-refractivity contribution in [3.63, 3.8) is 0 Å². The van der Waals surface area contributed by atoms with E-state index < -0.39 is 0 Å². The van der Waals surface area contributed by atoms with Crippen molar-refractivity contribution >= 4 is 24.0 Å². The smallest absolute Gasteiger partial charge is 0.267 e. The summed E-state index contributed by atoms with van der Waals surface area (Å²) in [6.45, 7) is 0.576. The van der Waals surface area contributed by atoms with Gasteiger partial charge in [-0.1, -0.05) is 54.1 Å². The molecule has 0 atom stereocenters. The second-order valence-corrected chi connectivity index (χ2v) is 8.03. The van der Waals surface area contributed by atoms with E-state index in [1.165, 1.54) is 5.56 Å². The number of hydrogen-bond donors (Lipinski definition) is 1. The van der Waals surface area contributed by atoms with E-state index in [2.05, 4.69) is 11.2 Å². The number of hydrogen-bond acceptors (Lipinski definition) is 3. The van der Waals surface area contributed by atoms with Gasteiger partial charge in [-0.15, -0.1) is 12.4 Å². The molecule has 4 rings (SSSR count). The summed E-state index contributed by atoms with van der Waals surface area (Å²) in [5, 5.41) is 5.42. The van der Waals surface area contributed by atoms with Crippen molar-refractivity contribution in [3.8, 4) is 11.3 Å². The molecule has 2 aromatic carbocycles. The van der Waals surface area contributed by atoms with Crippen LogP contribution in [0.15, 0.2) is 71.5 Å². The van der Waals surface area contributed by atoms with E-state index in [4.69, 9.17) is 17.3 Å². The Kier molecular flexibility index (Phi) is 6.78. The molecule has 0 saturated heterocycles. The maximum Gasteiger partial charge on any atom is 0.267 e. The summed E-state index contributed by atoms with van der Waals surface area (Å²) in [6, 6.07) is 21.5. The van der Waals surface area contributed by atoms with E-state index in [9.17, 15) is 4.79 Å². The molecule has 2 N–H and O–H groups in total. The Labute approximate surface area is 182 Å². The fourth-order valence-electron chi connectivity index (χ4n) is 4.28. The zero-order valence-corrected chi connectivity index (χ0v) is 17.7. The summed E-state index contributed by atoms with van der Waals surface area (Å²) in [4.78, 5) is 12.5. The third-order valence-corrected chi connectivity index (χ3v) is 6.22. The minimum absolute atomic E-state index is 0. The molecule has 29 heavy (non-hydrogen) atoms. The van der Waals surface area contributed by atoms with Gasteiger partial charge in [-0.3, -0.25) is 4.79 Å². The zero-order valence-electron chi connectivity index (χ0n) is 16.1. The van der Waals surface area contributed by atoms with E-state index in [-0.39, 0.29) is 29.4 Å². The molecule has 0 spiro atoms. The maximum atomic E-state index is 12.5. The topological polar surface area (TPSA) is 60.9 Å². The zero-order chi connectivity index (χ0) is 19.6. The van der Waals surface area contributed by atoms with Crippen molar-refractivity contribution in [2.45, 2.75) is 37.1 Å². The Hall–Kier alpha value is -2.14. The van der Waals surface area contributed by atoms with Gasteiger partial charge in [-0.25, -0.2) is 4.68 Å². The molecule has 0 radical (unpaired) electrons. The predicted molar refractivity (Wildman–Crippen MR) is 121 cm³/mol. The van der Waals surface area contributed by atoms with Crippen LogP contribution in [-0.2, 0) is 5.41 Å². The molecule has 6 heteroatoms. The highest BCUT2D eigenvalue weighted by atomic mass is 35.5. The molecule has 3 aromatic rings. The molecule has 1 aliphatic rings. The molecular weight excluding hydrogens is 405 g/mol. The Morgan fingerprint density at radius 1 is 1.03 bits per heavy atom. The molecule has 152 valence electrons. The Morgan fingerprint density at radius 2 is 1.76 bits per heavy atom. The minimum atomic E-state index is -0.0813. The quantitative estimate of drug-likeness (QED) is 0.634. The summed E-state index contributed by atoms with van der Waals surface area (Å²) < 4.78 is 1.67. The highest BCUT2D eigenvalue weighted by Crippen LogP contribution is 2.42. The summed E-state index contributed by atoms with van der Waals surface area (Å²) in [5.41, 5.74) is 9.11. The van der Waals surface area contributed by atoms with E-state index in [1.807, 2.05) is 48.5 Å². The van der Waals surface area contributed by atoms with Gasteiger partial charge in [0.1, 0.15) is 0 Å². The molecule has 1 aromatic heterocycles. The van der Waals surface area contributed by atoms with Gasteiger partial charge in [0, 0.05) is 28.6 Å². The van der Waals surface area contributed by atoms with Gasteiger partial charge >= 0.3 is 0 Å². The molecular formula is C23H25Cl2N3O. The molecule has 0 amide bonds. The monoisotopic (exact) mass is 429 g/mol. The first-order valence-electron chi connectivity index (χ1n) is 9.73. The third kappa shape index (κ3) is 4.40. The molecule has 0 bridgehead atoms. The van der Waals surface area contributed by atoms with Crippen molar-refractivity contribution in [2.75, 3.05) is 6.54 Å². The lowest BCUT2D eigenvalue weighted by Crippen LogP contribution is -2.41. The van der Waals surface area contributed by atoms with Crippen LogP contribution in [0.25, 0.3) is 11.3 Å². The predicted octanol–water partition coefficient (Wildman–Crippen LogP) is 5.00. The normalized spacial score (nSPS) is 21.4. The van der Waals surface area contributed by atoms with Gasteiger partial charge in [0.15, 0.2) is 0 Å². The highest BCUT2D eigenvalue weighted by molar-refractivity contribution is 6.30. The number of benzene rings is 2. The molecule has 0 aliphatic heterocycles. The second-order valence-electron chi connectivity index (χ2n) is 7.59. The Morgan fingerprint density at radius 3 is 2.41 bits per heavy atom. The van der Waals surface area contributed by atoms with Crippen molar-refractivity contribution in [3.05, 3.63) is 87.7 Å². The fourth-order valence-corrected chi connectivity index (χ4v) is 4.47. The molecule has 4 nitrogen and oxygen atoms in total. The lowest BCUT2D eigenvalue weighted by molar-refractivity contribution is 0.222. The number of halogens is 2. The van der Waals surface area contributed by atoms with Gasteiger partial charge in [0.2, 0.25) is 0 Å². The van der Waals surface area contributed by atoms with E-state index in [0.717, 1.165) is 42.0 Å². The van der Waals surface area contributed by atoms with E-state index >= 15 is 0 Å². The van der Waals surface area contributed by atoms with E-state index in [1.54, 1.807) is 16.8 Å². The third-order valence-electron chi connectivity index (χ3n) is 5.98. The van der Waals surface area contributed by atoms with Crippen LogP contribution in [0.3, 0.4) is 0 Å². The SMILES string of the molecule is Cl.NC[C@]1(c2cccc(Cl)c2)CC[C@H](n2nc(-c3ccccc3)ccc2=O)CC1. The van der Waals surface area contributed by atoms with Gasteiger partial charge in [-0.2, -0.15) is 5.10 Å². The summed E-state index contributed by atoms with van der Waals surface area (Å²) in [5.74, 6) is 0. The first kappa shape index (κ1) is 21.6. The Balaban J connectivity index is 0.00000240. The lowest BCUT2D eigenvalue weighted by Gasteiger charge is -2.40. The van der Waals surface area contributed by atoms with Crippen LogP contribution in [0.4, 0.5) is 0 Å². The van der Waals surface area contributed by atoms with Crippen molar-refractivity contribution in [1.82, 2.24) is 9.78 Å². The number of aromatic nitrogens is 2. The maximum absolute atomic E-state index is 12.5. The number of nitrogens with zero attached hydrogens (tertiary/aromatic N) is 2. The molecule has 1 aliphatic carbocycles. The van der Waals surface area contributed by atoms with Crippen molar-refractivity contribution in [2.24, 2.45) is 5.73 Å². The van der Waals surface area contributed by atoms with Gasteiger partial charge in [-0.05, 0) is 49.4 Å². The summed E-state index contributed by atoms with van der Waals surface area (Å²) in [6.07, 6.45) is 3.57. The minimum Gasteiger partial charge on any atom is -0.330 e. The largest absolute Gasteiger partial charge is 0.330 e. The van der Waals surface area contributed by atoms with Gasteiger partial charge in [0.25, 0.3) is 5.56 Å². The average Bonchev–Trinajstić information content (AvgIpc) is 2.75.